The number of sulfonamides is 1. The highest BCUT2D eigenvalue weighted by Crippen LogP contribution is 2.16. The summed E-state index contributed by atoms with van der Waals surface area (Å²) in [6.07, 6.45) is 1.85. The molecule has 8 heteroatoms. The molecule has 7 nitrogen and oxygen atoms in total. The zero-order chi connectivity index (χ0) is 15.5. The van der Waals surface area contributed by atoms with Crippen molar-refractivity contribution < 1.29 is 18.3 Å². The number of hydrogen-bond donors (Lipinski definition) is 2. The van der Waals surface area contributed by atoms with Gasteiger partial charge >= 0.3 is 5.97 Å². The monoisotopic (exact) mass is 309 g/mol. The number of anilines is 1. The number of aryl methyl sites for hydroxylation is 2. The summed E-state index contributed by atoms with van der Waals surface area (Å²) in [5, 5.41) is 12.5. The second-order valence-corrected chi connectivity index (χ2v) is 6.12. The van der Waals surface area contributed by atoms with Crippen molar-refractivity contribution in [2.24, 2.45) is 7.05 Å². The summed E-state index contributed by atoms with van der Waals surface area (Å²) in [4.78, 5) is 10.5. The SMILES string of the molecule is Cn1nccc1S(=O)(=O)Nc1ccc(CCC(=O)O)cc1. The molecular formula is C13H15N3O4S. The minimum Gasteiger partial charge on any atom is -0.481 e. The van der Waals surface area contributed by atoms with Gasteiger partial charge in [-0.25, -0.2) is 0 Å². The van der Waals surface area contributed by atoms with Crippen molar-refractivity contribution in [1.29, 1.82) is 0 Å². The molecule has 1 aromatic carbocycles. The molecule has 112 valence electrons. The van der Waals surface area contributed by atoms with Crippen LogP contribution in [0.3, 0.4) is 0 Å². The average Bonchev–Trinajstić information content (AvgIpc) is 2.84. The molecule has 0 saturated carbocycles. The average molecular weight is 309 g/mol. The quantitative estimate of drug-likeness (QED) is 0.836. The molecule has 0 unspecified atom stereocenters. The summed E-state index contributed by atoms with van der Waals surface area (Å²) in [7, 11) is -2.14. The van der Waals surface area contributed by atoms with Gasteiger partial charge in [0, 0.05) is 19.2 Å². The lowest BCUT2D eigenvalue weighted by atomic mass is 10.1. The zero-order valence-corrected chi connectivity index (χ0v) is 12.2. The van der Waals surface area contributed by atoms with Gasteiger partial charge in [0.2, 0.25) is 0 Å². The lowest BCUT2D eigenvalue weighted by molar-refractivity contribution is -0.136. The van der Waals surface area contributed by atoms with Gasteiger partial charge in [0.25, 0.3) is 10.0 Å². The second-order valence-electron chi connectivity index (χ2n) is 4.49. The minimum absolute atomic E-state index is 0.0418. The van der Waals surface area contributed by atoms with E-state index in [0.717, 1.165) is 5.56 Å². The number of aromatic nitrogens is 2. The third-order valence-electron chi connectivity index (χ3n) is 2.88. The third kappa shape index (κ3) is 3.82. The first-order chi connectivity index (χ1) is 9.88. The summed E-state index contributed by atoms with van der Waals surface area (Å²) in [6, 6.07) is 8.01. The van der Waals surface area contributed by atoms with E-state index in [2.05, 4.69) is 9.82 Å². The topological polar surface area (TPSA) is 101 Å². The smallest absolute Gasteiger partial charge is 0.303 e. The molecule has 0 fully saturated rings. The summed E-state index contributed by atoms with van der Waals surface area (Å²) in [6.45, 7) is 0. The van der Waals surface area contributed by atoms with Crippen LogP contribution in [0, 0.1) is 0 Å². The predicted octanol–water partition coefficient (Wildman–Crippen LogP) is 1.24. The molecule has 0 bridgehead atoms. The molecule has 1 heterocycles. The van der Waals surface area contributed by atoms with Crippen LogP contribution in [0.5, 0.6) is 0 Å². The molecule has 1 aromatic heterocycles. The molecule has 21 heavy (non-hydrogen) atoms. The van der Waals surface area contributed by atoms with E-state index >= 15 is 0 Å². The lowest BCUT2D eigenvalue weighted by Crippen LogP contribution is -2.16. The normalized spacial score (nSPS) is 11.3. The van der Waals surface area contributed by atoms with Crippen LogP contribution in [-0.2, 0) is 28.3 Å². The Kier molecular flexibility index (Phi) is 4.27. The maximum absolute atomic E-state index is 12.1. The Labute approximate surface area is 122 Å². The van der Waals surface area contributed by atoms with Crippen molar-refractivity contribution in [2.75, 3.05) is 4.72 Å². The summed E-state index contributed by atoms with van der Waals surface area (Å²) < 4.78 is 28.0. The highest BCUT2D eigenvalue weighted by Gasteiger charge is 2.17. The Bertz CT molecular complexity index is 735. The first-order valence-electron chi connectivity index (χ1n) is 6.20. The van der Waals surface area contributed by atoms with E-state index in [0.29, 0.717) is 12.1 Å². The number of nitrogens with zero attached hydrogens (tertiary/aromatic N) is 2. The Morgan fingerprint density at radius 1 is 1.29 bits per heavy atom. The third-order valence-corrected chi connectivity index (χ3v) is 4.34. The van der Waals surface area contributed by atoms with Gasteiger partial charge in [0.15, 0.2) is 5.03 Å². The fourth-order valence-corrected chi connectivity index (χ4v) is 3.01. The molecule has 0 aliphatic heterocycles. The van der Waals surface area contributed by atoms with Crippen molar-refractivity contribution in [3.05, 3.63) is 42.1 Å². The number of carbonyl (C=O) groups is 1. The first kappa shape index (κ1) is 15.0. The van der Waals surface area contributed by atoms with Crippen molar-refractivity contribution in [1.82, 2.24) is 9.78 Å². The van der Waals surface area contributed by atoms with Crippen LogP contribution >= 0.6 is 0 Å². The van der Waals surface area contributed by atoms with E-state index < -0.39 is 16.0 Å². The summed E-state index contributed by atoms with van der Waals surface area (Å²) >= 11 is 0. The molecule has 0 saturated heterocycles. The second kappa shape index (κ2) is 5.96. The van der Waals surface area contributed by atoms with Crippen molar-refractivity contribution >= 4 is 21.7 Å². The number of carboxylic acids is 1. The van der Waals surface area contributed by atoms with Gasteiger partial charge in [-0.2, -0.15) is 13.5 Å². The van der Waals surface area contributed by atoms with Gasteiger partial charge in [-0.15, -0.1) is 0 Å². The summed E-state index contributed by atoms with van der Waals surface area (Å²) in [5.74, 6) is -0.865. The van der Waals surface area contributed by atoms with Crippen LogP contribution in [0.4, 0.5) is 5.69 Å². The molecule has 0 amide bonds. The Balaban J connectivity index is 2.10. The predicted molar refractivity (Wildman–Crippen MR) is 76.4 cm³/mol. The van der Waals surface area contributed by atoms with Gasteiger partial charge in [-0.05, 0) is 30.2 Å². The van der Waals surface area contributed by atoms with E-state index in [1.165, 1.54) is 16.9 Å². The van der Waals surface area contributed by atoms with Crippen molar-refractivity contribution in [3.8, 4) is 0 Å². The van der Waals surface area contributed by atoms with Gasteiger partial charge in [-0.1, -0.05) is 12.1 Å². The number of carboxylic acid groups (broad SMARTS) is 1. The fraction of sp³-hybridized carbons (Fsp3) is 0.231. The minimum atomic E-state index is -3.68. The van der Waals surface area contributed by atoms with Crippen LogP contribution in [0.15, 0.2) is 41.6 Å². The standard InChI is InChI=1S/C13H15N3O4S/c1-16-12(8-9-14-16)21(19,20)15-11-5-2-10(3-6-11)4-7-13(17)18/h2-3,5-6,8-9,15H,4,7H2,1H3,(H,17,18). The van der Waals surface area contributed by atoms with Gasteiger partial charge < -0.3 is 5.11 Å². The Hall–Kier alpha value is -2.35. The largest absolute Gasteiger partial charge is 0.481 e. The number of hydrogen-bond acceptors (Lipinski definition) is 4. The number of aliphatic carboxylic acids is 1. The van der Waals surface area contributed by atoms with Crippen LogP contribution < -0.4 is 4.72 Å². The maximum atomic E-state index is 12.1. The van der Waals surface area contributed by atoms with Gasteiger partial charge in [-0.3, -0.25) is 14.2 Å². The Morgan fingerprint density at radius 3 is 2.48 bits per heavy atom. The van der Waals surface area contributed by atoms with Crippen LogP contribution in [0.2, 0.25) is 0 Å². The molecule has 0 atom stereocenters. The van der Waals surface area contributed by atoms with E-state index in [-0.39, 0.29) is 11.4 Å². The number of nitrogens with one attached hydrogen (secondary N) is 1. The van der Waals surface area contributed by atoms with E-state index in [4.69, 9.17) is 5.11 Å². The Morgan fingerprint density at radius 2 is 1.95 bits per heavy atom. The molecule has 0 radical (unpaired) electrons. The van der Waals surface area contributed by atoms with E-state index in [1.807, 2.05) is 0 Å². The highest BCUT2D eigenvalue weighted by molar-refractivity contribution is 7.92. The molecule has 0 aliphatic rings. The van der Waals surface area contributed by atoms with Crippen LogP contribution in [0.1, 0.15) is 12.0 Å². The fourth-order valence-electron chi connectivity index (χ4n) is 1.82. The van der Waals surface area contributed by atoms with Crippen LogP contribution in [0.25, 0.3) is 0 Å². The molecule has 2 aromatic rings. The summed E-state index contributed by atoms with van der Waals surface area (Å²) in [5.41, 5.74) is 1.25. The first-order valence-corrected chi connectivity index (χ1v) is 7.68. The van der Waals surface area contributed by atoms with E-state index in [9.17, 15) is 13.2 Å². The molecule has 0 aliphatic carbocycles. The molecule has 2 rings (SSSR count). The lowest BCUT2D eigenvalue weighted by Gasteiger charge is -2.08. The number of benzene rings is 1. The van der Waals surface area contributed by atoms with Crippen LogP contribution in [-0.4, -0.2) is 29.3 Å². The molecular weight excluding hydrogens is 294 g/mol. The highest BCUT2D eigenvalue weighted by atomic mass is 32.2. The van der Waals surface area contributed by atoms with Gasteiger partial charge in [0.1, 0.15) is 0 Å². The number of rotatable bonds is 6. The molecule has 0 spiro atoms. The maximum Gasteiger partial charge on any atom is 0.303 e. The molecule has 2 N–H and O–H groups in total. The van der Waals surface area contributed by atoms with Crippen molar-refractivity contribution in [3.63, 3.8) is 0 Å². The van der Waals surface area contributed by atoms with E-state index in [1.54, 1.807) is 31.3 Å². The van der Waals surface area contributed by atoms with Gasteiger partial charge in [0.05, 0.1) is 6.20 Å². The zero-order valence-electron chi connectivity index (χ0n) is 11.4. The van der Waals surface area contributed by atoms with Crippen molar-refractivity contribution in [2.45, 2.75) is 17.9 Å².